The minimum Gasteiger partial charge on any atom is -0.369 e. The summed E-state index contributed by atoms with van der Waals surface area (Å²) < 4.78 is 1.95. The van der Waals surface area contributed by atoms with Crippen LogP contribution in [0.3, 0.4) is 0 Å². The van der Waals surface area contributed by atoms with E-state index in [-0.39, 0.29) is 0 Å². The highest BCUT2D eigenvalue weighted by atomic mass is 35.5. The van der Waals surface area contributed by atoms with Crippen LogP contribution >= 0.6 is 11.6 Å². The maximum absolute atomic E-state index is 6.27. The van der Waals surface area contributed by atoms with E-state index >= 15 is 0 Å². The predicted octanol–water partition coefficient (Wildman–Crippen LogP) is 3.86. The second kappa shape index (κ2) is 5.14. The number of aromatic nitrogens is 3. The molecule has 2 aromatic heterocycles. The first-order chi connectivity index (χ1) is 10.7. The molecule has 3 heterocycles. The smallest absolute Gasteiger partial charge is 0.133 e. The lowest BCUT2D eigenvalue weighted by atomic mass is 10.1. The molecular formula is C17H15ClN4. The van der Waals surface area contributed by atoms with Crippen molar-refractivity contribution in [2.45, 2.75) is 13.3 Å². The monoisotopic (exact) mass is 310 g/mol. The van der Waals surface area contributed by atoms with Gasteiger partial charge in [0.05, 0.1) is 11.4 Å². The van der Waals surface area contributed by atoms with E-state index in [1.54, 1.807) is 12.4 Å². The van der Waals surface area contributed by atoms with E-state index in [0.717, 1.165) is 46.3 Å². The van der Waals surface area contributed by atoms with Crippen LogP contribution in [0.4, 0.5) is 5.82 Å². The quantitative estimate of drug-likeness (QED) is 0.781. The summed E-state index contributed by atoms with van der Waals surface area (Å²) >= 11 is 6.27. The normalized spacial score (nSPS) is 13.0. The Kier molecular flexibility index (Phi) is 3.12. The average molecular weight is 311 g/mol. The topological polar surface area (TPSA) is 42.7 Å². The summed E-state index contributed by atoms with van der Waals surface area (Å²) in [5.74, 6) is 1.06. The summed E-state index contributed by atoms with van der Waals surface area (Å²) in [5, 5.41) is 9.00. The Hall–Kier alpha value is -2.33. The van der Waals surface area contributed by atoms with Crippen molar-refractivity contribution >= 4 is 17.4 Å². The Morgan fingerprint density at radius 1 is 1.18 bits per heavy atom. The maximum atomic E-state index is 6.27. The van der Waals surface area contributed by atoms with Crippen LogP contribution in [0.15, 0.2) is 42.7 Å². The van der Waals surface area contributed by atoms with Crippen LogP contribution in [0, 0.1) is 6.92 Å². The first-order valence-corrected chi connectivity index (χ1v) is 7.64. The standard InChI is InChI=1S/C17H15ClN4/c1-11-2-3-13(10-15(11)18)22-17-14(6-9-20-17)16(21-22)12-4-7-19-8-5-12/h2-5,7-8,10,20H,6,9H2,1H3. The van der Waals surface area contributed by atoms with E-state index in [1.165, 1.54) is 5.56 Å². The number of hydrogen-bond acceptors (Lipinski definition) is 3. The Labute approximate surface area is 133 Å². The Bertz CT molecular complexity index is 839. The van der Waals surface area contributed by atoms with Crippen LogP contribution in [-0.4, -0.2) is 21.3 Å². The minimum absolute atomic E-state index is 0.755. The summed E-state index contributed by atoms with van der Waals surface area (Å²) in [6.45, 7) is 2.94. The highest BCUT2D eigenvalue weighted by Gasteiger charge is 2.23. The van der Waals surface area contributed by atoms with Crippen molar-refractivity contribution in [1.29, 1.82) is 0 Å². The van der Waals surface area contributed by atoms with Gasteiger partial charge in [0.15, 0.2) is 0 Å². The molecular weight excluding hydrogens is 296 g/mol. The number of anilines is 1. The van der Waals surface area contributed by atoms with Gasteiger partial charge in [-0.15, -0.1) is 0 Å². The van der Waals surface area contributed by atoms with Gasteiger partial charge in [-0.2, -0.15) is 5.10 Å². The molecule has 0 atom stereocenters. The lowest BCUT2D eigenvalue weighted by Crippen LogP contribution is -2.04. The Balaban J connectivity index is 1.89. The van der Waals surface area contributed by atoms with Gasteiger partial charge >= 0.3 is 0 Å². The van der Waals surface area contributed by atoms with Crippen molar-refractivity contribution in [3.8, 4) is 16.9 Å². The van der Waals surface area contributed by atoms with Gasteiger partial charge in [0.2, 0.25) is 0 Å². The number of aryl methyl sites for hydroxylation is 1. The van der Waals surface area contributed by atoms with Crippen LogP contribution in [0.5, 0.6) is 0 Å². The summed E-state index contributed by atoms with van der Waals surface area (Å²) in [5.41, 5.74) is 5.40. The summed E-state index contributed by atoms with van der Waals surface area (Å²) in [6.07, 6.45) is 4.57. The van der Waals surface area contributed by atoms with Crippen molar-refractivity contribution in [3.63, 3.8) is 0 Å². The van der Waals surface area contributed by atoms with Crippen molar-refractivity contribution in [2.75, 3.05) is 11.9 Å². The number of nitrogens with zero attached hydrogens (tertiary/aromatic N) is 3. The van der Waals surface area contributed by atoms with Gasteiger partial charge < -0.3 is 5.32 Å². The summed E-state index contributed by atoms with van der Waals surface area (Å²) in [6, 6.07) is 10.0. The van der Waals surface area contributed by atoms with Gasteiger partial charge in [-0.05, 0) is 43.2 Å². The van der Waals surface area contributed by atoms with Gasteiger partial charge in [0.1, 0.15) is 5.82 Å². The van der Waals surface area contributed by atoms with Crippen LogP contribution in [-0.2, 0) is 6.42 Å². The largest absolute Gasteiger partial charge is 0.369 e. The van der Waals surface area contributed by atoms with E-state index in [0.29, 0.717) is 0 Å². The molecule has 1 N–H and O–H groups in total. The molecule has 0 bridgehead atoms. The molecule has 1 aliphatic rings. The lowest BCUT2D eigenvalue weighted by Gasteiger charge is -2.08. The number of halogens is 1. The first-order valence-electron chi connectivity index (χ1n) is 7.27. The molecule has 0 fully saturated rings. The SMILES string of the molecule is Cc1ccc(-n2nc(-c3ccncc3)c3c2NCC3)cc1Cl. The maximum Gasteiger partial charge on any atom is 0.133 e. The first kappa shape index (κ1) is 13.3. The third-order valence-electron chi connectivity index (χ3n) is 4.00. The van der Waals surface area contributed by atoms with E-state index in [9.17, 15) is 0 Å². The molecule has 0 amide bonds. The third kappa shape index (κ3) is 2.07. The fraction of sp³-hybridized carbons (Fsp3) is 0.176. The Morgan fingerprint density at radius 2 is 2.00 bits per heavy atom. The Morgan fingerprint density at radius 3 is 2.77 bits per heavy atom. The van der Waals surface area contributed by atoms with E-state index in [1.807, 2.05) is 41.9 Å². The molecule has 5 heteroatoms. The second-order valence-electron chi connectivity index (χ2n) is 5.43. The summed E-state index contributed by atoms with van der Waals surface area (Å²) in [4.78, 5) is 4.08. The molecule has 1 aromatic carbocycles. The molecule has 1 aliphatic heterocycles. The molecule has 0 spiro atoms. The van der Waals surface area contributed by atoms with Crippen LogP contribution < -0.4 is 5.32 Å². The number of benzene rings is 1. The van der Waals surface area contributed by atoms with Crippen LogP contribution in [0.2, 0.25) is 5.02 Å². The zero-order valence-electron chi connectivity index (χ0n) is 12.2. The van der Waals surface area contributed by atoms with Gasteiger partial charge in [0.25, 0.3) is 0 Å². The molecule has 0 saturated heterocycles. The summed E-state index contributed by atoms with van der Waals surface area (Å²) in [7, 11) is 0. The number of rotatable bonds is 2. The molecule has 4 nitrogen and oxygen atoms in total. The molecule has 0 aliphatic carbocycles. The molecule has 110 valence electrons. The number of fused-ring (bicyclic) bond motifs is 1. The van der Waals surface area contributed by atoms with E-state index in [4.69, 9.17) is 16.7 Å². The molecule has 3 aromatic rings. The molecule has 0 saturated carbocycles. The average Bonchev–Trinajstić information content (AvgIpc) is 3.13. The predicted molar refractivity (Wildman–Crippen MR) is 88.7 cm³/mol. The van der Waals surface area contributed by atoms with Gasteiger partial charge in [-0.25, -0.2) is 4.68 Å². The highest BCUT2D eigenvalue weighted by Crippen LogP contribution is 2.34. The number of nitrogens with one attached hydrogen (secondary N) is 1. The van der Waals surface area contributed by atoms with Crippen molar-refractivity contribution in [3.05, 3.63) is 58.9 Å². The minimum atomic E-state index is 0.755. The highest BCUT2D eigenvalue weighted by molar-refractivity contribution is 6.31. The van der Waals surface area contributed by atoms with Gasteiger partial charge in [0, 0.05) is 35.1 Å². The zero-order valence-corrected chi connectivity index (χ0v) is 12.9. The molecule has 0 unspecified atom stereocenters. The fourth-order valence-corrected chi connectivity index (χ4v) is 2.99. The number of pyridine rings is 1. The van der Waals surface area contributed by atoms with Gasteiger partial charge in [-0.1, -0.05) is 17.7 Å². The lowest BCUT2D eigenvalue weighted by molar-refractivity contribution is 0.882. The number of hydrogen-bond donors (Lipinski definition) is 1. The van der Waals surface area contributed by atoms with Crippen molar-refractivity contribution < 1.29 is 0 Å². The fourth-order valence-electron chi connectivity index (χ4n) is 2.82. The van der Waals surface area contributed by atoms with Gasteiger partial charge in [-0.3, -0.25) is 4.98 Å². The van der Waals surface area contributed by atoms with E-state index in [2.05, 4.69) is 10.3 Å². The molecule has 4 rings (SSSR count). The van der Waals surface area contributed by atoms with E-state index < -0.39 is 0 Å². The zero-order chi connectivity index (χ0) is 15.1. The third-order valence-corrected chi connectivity index (χ3v) is 4.41. The van der Waals surface area contributed by atoms with Crippen LogP contribution in [0.1, 0.15) is 11.1 Å². The molecule has 0 radical (unpaired) electrons. The van der Waals surface area contributed by atoms with Crippen molar-refractivity contribution in [2.24, 2.45) is 0 Å². The van der Waals surface area contributed by atoms with Crippen LogP contribution in [0.25, 0.3) is 16.9 Å². The van der Waals surface area contributed by atoms with Crippen molar-refractivity contribution in [1.82, 2.24) is 14.8 Å². The molecule has 22 heavy (non-hydrogen) atoms. The second-order valence-corrected chi connectivity index (χ2v) is 5.84.